The van der Waals surface area contributed by atoms with Crippen LogP contribution in [0.15, 0.2) is 48.5 Å². The molecule has 2 rings (SSSR count). The van der Waals surface area contributed by atoms with E-state index in [1.165, 1.54) is 12.1 Å². The number of carbonyl (C=O) groups excluding carboxylic acids is 1. The minimum absolute atomic E-state index is 0.00156. The van der Waals surface area contributed by atoms with Crippen LogP contribution in [0, 0.1) is 5.82 Å². The van der Waals surface area contributed by atoms with E-state index in [9.17, 15) is 9.18 Å². The standard InChI is InChI=1S/C18H21FN2O2/c1-13(20)8-9-18(22)21-16-6-3-7-17(11-16)23-12-14-4-2-5-15(19)10-14/h2-7,10-11,13H,8-9,12,20H2,1H3,(H,21,22). The van der Waals surface area contributed by atoms with Crippen LogP contribution < -0.4 is 15.8 Å². The molecule has 2 aromatic rings. The fraction of sp³-hybridized carbons (Fsp3) is 0.278. The molecule has 0 saturated carbocycles. The van der Waals surface area contributed by atoms with Crippen molar-refractivity contribution < 1.29 is 13.9 Å². The lowest BCUT2D eigenvalue weighted by molar-refractivity contribution is -0.116. The van der Waals surface area contributed by atoms with Crippen molar-refractivity contribution in [2.24, 2.45) is 5.73 Å². The molecule has 3 N–H and O–H groups in total. The predicted octanol–water partition coefficient (Wildman–Crippen LogP) is 3.47. The van der Waals surface area contributed by atoms with Crippen molar-refractivity contribution in [3.05, 3.63) is 59.9 Å². The van der Waals surface area contributed by atoms with Crippen molar-refractivity contribution in [3.63, 3.8) is 0 Å². The highest BCUT2D eigenvalue weighted by molar-refractivity contribution is 5.90. The van der Waals surface area contributed by atoms with Gasteiger partial charge in [-0.2, -0.15) is 0 Å². The van der Waals surface area contributed by atoms with E-state index in [-0.39, 0.29) is 24.4 Å². The summed E-state index contributed by atoms with van der Waals surface area (Å²) in [7, 11) is 0. The summed E-state index contributed by atoms with van der Waals surface area (Å²) in [4.78, 5) is 11.8. The molecule has 0 radical (unpaired) electrons. The van der Waals surface area contributed by atoms with Gasteiger partial charge in [0.05, 0.1) is 0 Å². The highest BCUT2D eigenvalue weighted by Crippen LogP contribution is 2.19. The minimum Gasteiger partial charge on any atom is -0.489 e. The normalized spacial score (nSPS) is 11.8. The number of halogens is 1. The molecule has 1 unspecified atom stereocenters. The van der Waals surface area contributed by atoms with Gasteiger partial charge in [-0.1, -0.05) is 18.2 Å². The molecule has 1 amide bonds. The summed E-state index contributed by atoms with van der Waals surface area (Å²) in [5, 5.41) is 2.81. The average Bonchev–Trinajstić information content (AvgIpc) is 2.51. The first-order valence-electron chi connectivity index (χ1n) is 7.55. The van der Waals surface area contributed by atoms with Gasteiger partial charge in [0.1, 0.15) is 18.2 Å². The quantitative estimate of drug-likeness (QED) is 0.822. The number of nitrogens with two attached hydrogens (primary N) is 1. The van der Waals surface area contributed by atoms with Crippen molar-refractivity contribution in [3.8, 4) is 5.75 Å². The number of hydrogen-bond donors (Lipinski definition) is 2. The fourth-order valence-electron chi connectivity index (χ4n) is 2.04. The number of hydrogen-bond acceptors (Lipinski definition) is 3. The van der Waals surface area contributed by atoms with Crippen molar-refractivity contribution in [1.29, 1.82) is 0 Å². The van der Waals surface area contributed by atoms with E-state index in [0.29, 0.717) is 24.3 Å². The molecule has 0 aliphatic rings. The van der Waals surface area contributed by atoms with E-state index in [1.807, 2.05) is 6.92 Å². The van der Waals surface area contributed by atoms with Crippen LogP contribution >= 0.6 is 0 Å². The second kappa shape index (κ2) is 8.29. The topological polar surface area (TPSA) is 64.4 Å². The van der Waals surface area contributed by atoms with Gasteiger partial charge in [0.15, 0.2) is 0 Å². The van der Waals surface area contributed by atoms with Gasteiger partial charge >= 0.3 is 0 Å². The van der Waals surface area contributed by atoms with Gasteiger partial charge < -0.3 is 15.8 Å². The number of anilines is 1. The Balaban J connectivity index is 1.90. The Labute approximate surface area is 135 Å². The van der Waals surface area contributed by atoms with Crippen LogP contribution in [0.2, 0.25) is 0 Å². The van der Waals surface area contributed by atoms with Gasteiger partial charge in [0.25, 0.3) is 0 Å². The Morgan fingerprint density at radius 2 is 2.04 bits per heavy atom. The van der Waals surface area contributed by atoms with Gasteiger partial charge in [-0.25, -0.2) is 4.39 Å². The maximum absolute atomic E-state index is 13.1. The molecule has 0 aliphatic heterocycles. The Hall–Kier alpha value is -2.40. The highest BCUT2D eigenvalue weighted by atomic mass is 19.1. The van der Waals surface area contributed by atoms with Crippen molar-refractivity contribution in [2.45, 2.75) is 32.4 Å². The first kappa shape index (κ1) is 17.0. The fourth-order valence-corrected chi connectivity index (χ4v) is 2.04. The van der Waals surface area contributed by atoms with Crippen LogP contribution in [0.5, 0.6) is 5.75 Å². The first-order valence-corrected chi connectivity index (χ1v) is 7.55. The minimum atomic E-state index is -0.291. The van der Waals surface area contributed by atoms with Crippen LogP contribution in [-0.4, -0.2) is 11.9 Å². The molecule has 23 heavy (non-hydrogen) atoms. The Kier molecular flexibility index (Phi) is 6.11. The van der Waals surface area contributed by atoms with E-state index in [2.05, 4.69) is 5.32 Å². The summed E-state index contributed by atoms with van der Waals surface area (Å²) in [6.45, 7) is 2.13. The third kappa shape index (κ3) is 6.08. The number of nitrogens with one attached hydrogen (secondary N) is 1. The molecule has 2 aromatic carbocycles. The van der Waals surface area contributed by atoms with Crippen LogP contribution in [-0.2, 0) is 11.4 Å². The molecule has 0 bridgehead atoms. The first-order chi connectivity index (χ1) is 11.0. The third-order valence-corrected chi connectivity index (χ3v) is 3.24. The zero-order valence-corrected chi connectivity index (χ0v) is 13.1. The molecule has 0 aromatic heterocycles. The monoisotopic (exact) mass is 316 g/mol. The molecule has 1 atom stereocenters. The molecule has 0 fully saturated rings. The molecule has 122 valence electrons. The lowest BCUT2D eigenvalue weighted by atomic mass is 10.2. The van der Waals surface area contributed by atoms with Crippen LogP contribution in [0.4, 0.5) is 10.1 Å². The SMILES string of the molecule is CC(N)CCC(=O)Nc1cccc(OCc2cccc(F)c2)c1. The van der Waals surface area contributed by atoms with Crippen LogP contribution in [0.25, 0.3) is 0 Å². The Morgan fingerprint density at radius 1 is 1.26 bits per heavy atom. The van der Waals surface area contributed by atoms with Crippen molar-refractivity contribution in [1.82, 2.24) is 0 Å². The molecule has 0 spiro atoms. The summed E-state index contributed by atoms with van der Waals surface area (Å²) in [5.41, 5.74) is 7.05. The zero-order valence-electron chi connectivity index (χ0n) is 13.1. The third-order valence-electron chi connectivity index (χ3n) is 3.24. The predicted molar refractivity (Wildman–Crippen MR) is 88.7 cm³/mol. The second-order valence-electron chi connectivity index (χ2n) is 5.51. The summed E-state index contributed by atoms with van der Waals surface area (Å²) >= 11 is 0. The average molecular weight is 316 g/mol. The number of amides is 1. The largest absolute Gasteiger partial charge is 0.489 e. The highest BCUT2D eigenvalue weighted by Gasteiger charge is 2.05. The maximum atomic E-state index is 13.1. The van der Waals surface area contributed by atoms with Crippen molar-refractivity contribution >= 4 is 11.6 Å². The van der Waals surface area contributed by atoms with E-state index in [4.69, 9.17) is 10.5 Å². The van der Waals surface area contributed by atoms with E-state index in [0.717, 1.165) is 5.56 Å². The number of carbonyl (C=O) groups is 1. The number of rotatable bonds is 7. The van der Waals surface area contributed by atoms with Gasteiger partial charge in [-0.15, -0.1) is 0 Å². The van der Waals surface area contributed by atoms with Crippen LogP contribution in [0.3, 0.4) is 0 Å². The van der Waals surface area contributed by atoms with Crippen molar-refractivity contribution in [2.75, 3.05) is 5.32 Å². The van der Waals surface area contributed by atoms with Gasteiger partial charge in [0, 0.05) is 24.2 Å². The van der Waals surface area contributed by atoms with Gasteiger partial charge in [0.2, 0.25) is 5.91 Å². The second-order valence-corrected chi connectivity index (χ2v) is 5.51. The lowest BCUT2D eigenvalue weighted by Gasteiger charge is -2.10. The Bertz CT molecular complexity index is 659. The molecule has 4 nitrogen and oxygen atoms in total. The van der Waals surface area contributed by atoms with E-state index < -0.39 is 0 Å². The molecule has 0 aliphatic carbocycles. The number of benzene rings is 2. The summed E-state index contributed by atoms with van der Waals surface area (Å²) in [6, 6.07) is 13.4. The zero-order chi connectivity index (χ0) is 16.7. The van der Waals surface area contributed by atoms with Gasteiger partial charge in [-0.3, -0.25) is 4.79 Å². The molecule has 5 heteroatoms. The summed E-state index contributed by atoms with van der Waals surface area (Å²) < 4.78 is 18.7. The van der Waals surface area contributed by atoms with E-state index >= 15 is 0 Å². The Morgan fingerprint density at radius 3 is 2.78 bits per heavy atom. The van der Waals surface area contributed by atoms with E-state index in [1.54, 1.807) is 36.4 Å². The number of ether oxygens (including phenoxy) is 1. The summed E-state index contributed by atoms with van der Waals surface area (Å²) in [6.07, 6.45) is 1.02. The lowest BCUT2D eigenvalue weighted by Crippen LogP contribution is -2.19. The summed E-state index contributed by atoms with van der Waals surface area (Å²) in [5.74, 6) is 0.241. The molecular formula is C18H21FN2O2. The maximum Gasteiger partial charge on any atom is 0.224 e. The molecular weight excluding hydrogens is 295 g/mol. The molecule has 0 saturated heterocycles. The molecule has 0 heterocycles. The smallest absolute Gasteiger partial charge is 0.224 e. The van der Waals surface area contributed by atoms with Gasteiger partial charge in [-0.05, 0) is 43.2 Å². The van der Waals surface area contributed by atoms with Crippen LogP contribution in [0.1, 0.15) is 25.3 Å².